The van der Waals surface area contributed by atoms with Crippen LogP contribution in [0.1, 0.15) is 32.8 Å². The first-order chi connectivity index (χ1) is 10.9. The Hall–Kier alpha value is -1.59. The van der Waals surface area contributed by atoms with E-state index in [1.807, 2.05) is 39.0 Å². The van der Waals surface area contributed by atoms with E-state index >= 15 is 0 Å². The number of amides is 1. The second kappa shape index (κ2) is 7.79. The van der Waals surface area contributed by atoms with Gasteiger partial charge in [0.15, 0.2) is 0 Å². The van der Waals surface area contributed by atoms with Gasteiger partial charge in [-0.3, -0.25) is 4.90 Å². The van der Waals surface area contributed by atoms with Gasteiger partial charge in [-0.25, -0.2) is 4.79 Å². The number of rotatable bonds is 4. The Morgan fingerprint density at radius 1 is 1.35 bits per heavy atom. The van der Waals surface area contributed by atoms with Gasteiger partial charge in [0.05, 0.1) is 6.61 Å². The molecule has 1 aliphatic rings. The summed E-state index contributed by atoms with van der Waals surface area (Å²) < 4.78 is 5.53. The highest BCUT2D eigenvalue weighted by Crippen LogP contribution is 2.22. The number of benzene rings is 1. The average molecular weight is 320 g/mol. The van der Waals surface area contributed by atoms with Crippen LogP contribution < -0.4 is 5.32 Å². The van der Waals surface area contributed by atoms with Gasteiger partial charge < -0.3 is 15.2 Å². The SMILES string of the molecule is CC(C)(C)NC(=O)O[C@H]1CCN(Cc2ccccc2)C[C@@H]1CO. The van der Waals surface area contributed by atoms with E-state index in [1.54, 1.807) is 0 Å². The van der Waals surface area contributed by atoms with E-state index in [2.05, 4.69) is 22.3 Å². The molecule has 5 nitrogen and oxygen atoms in total. The average Bonchev–Trinajstić information content (AvgIpc) is 2.48. The van der Waals surface area contributed by atoms with Crippen LogP contribution in [0.25, 0.3) is 0 Å². The molecule has 0 unspecified atom stereocenters. The van der Waals surface area contributed by atoms with Crippen molar-refractivity contribution >= 4 is 6.09 Å². The molecule has 1 aliphatic heterocycles. The van der Waals surface area contributed by atoms with Crippen molar-refractivity contribution in [3.63, 3.8) is 0 Å². The summed E-state index contributed by atoms with van der Waals surface area (Å²) >= 11 is 0. The number of likely N-dealkylation sites (tertiary alicyclic amines) is 1. The van der Waals surface area contributed by atoms with E-state index in [9.17, 15) is 9.90 Å². The maximum absolute atomic E-state index is 11.9. The number of hydrogen-bond acceptors (Lipinski definition) is 4. The highest BCUT2D eigenvalue weighted by atomic mass is 16.6. The molecule has 1 aromatic carbocycles. The topological polar surface area (TPSA) is 61.8 Å². The van der Waals surface area contributed by atoms with E-state index in [0.29, 0.717) is 0 Å². The van der Waals surface area contributed by atoms with Crippen LogP contribution in [0, 0.1) is 5.92 Å². The lowest BCUT2D eigenvalue weighted by atomic mass is 9.95. The summed E-state index contributed by atoms with van der Waals surface area (Å²) in [6, 6.07) is 10.3. The van der Waals surface area contributed by atoms with Crippen molar-refractivity contribution < 1.29 is 14.6 Å². The van der Waals surface area contributed by atoms with Crippen molar-refractivity contribution in [3.8, 4) is 0 Å². The van der Waals surface area contributed by atoms with E-state index < -0.39 is 6.09 Å². The Balaban J connectivity index is 1.87. The zero-order valence-electron chi connectivity index (χ0n) is 14.3. The molecule has 0 spiro atoms. The fourth-order valence-electron chi connectivity index (χ4n) is 2.87. The number of carbonyl (C=O) groups excluding carboxylic acids is 1. The van der Waals surface area contributed by atoms with E-state index in [1.165, 1.54) is 5.56 Å². The minimum Gasteiger partial charge on any atom is -0.446 e. The number of aliphatic hydroxyl groups excluding tert-OH is 1. The molecule has 2 rings (SSSR count). The first-order valence-corrected chi connectivity index (χ1v) is 8.23. The third-order valence-corrected chi connectivity index (χ3v) is 3.97. The molecule has 1 saturated heterocycles. The van der Waals surface area contributed by atoms with Crippen molar-refractivity contribution in [2.24, 2.45) is 5.92 Å². The minimum atomic E-state index is -0.405. The van der Waals surface area contributed by atoms with Crippen molar-refractivity contribution in [1.82, 2.24) is 10.2 Å². The van der Waals surface area contributed by atoms with E-state index in [-0.39, 0.29) is 24.2 Å². The van der Waals surface area contributed by atoms with E-state index in [0.717, 1.165) is 26.1 Å². The molecule has 1 aromatic rings. The fraction of sp³-hybridized carbons (Fsp3) is 0.611. The van der Waals surface area contributed by atoms with Crippen LogP contribution in [0.3, 0.4) is 0 Å². The van der Waals surface area contributed by atoms with E-state index in [4.69, 9.17) is 4.74 Å². The summed E-state index contributed by atoms with van der Waals surface area (Å²) in [5, 5.41) is 12.5. The highest BCUT2D eigenvalue weighted by molar-refractivity contribution is 5.68. The van der Waals surface area contributed by atoms with Gasteiger partial charge in [-0.1, -0.05) is 30.3 Å². The van der Waals surface area contributed by atoms with Crippen molar-refractivity contribution in [2.75, 3.05) is 19.7 Å². The molecule has 0 saturated carbocycles. The molecule has 0 aliphatic carbocycles. The van der Waals surface area contributed by atoms with Crippen molar-refractivity contribution in [1.29, 1.82) is 0 Å². The molecule has 1 amide bonds. The summed E-state index contributed by atoms with van der Waals surface area (Å²) in [5.74, 6) is -0.0434. The molecule has 128 valence electrons. The van der Waals surface area contributed by atoms with Crippen LogP contribution in [0.5, 0.6) is 0 Å². The van der Waals surface area contributed by atoms with Gasteiger partial charge in [0.25, 0.3) is 0 Å². The fourth-order valence-corrected chi connectivity index (χ4v) is 2.87. The zero-order valence-corrected chi connectivity index (χ0v) is 14.3. The predicted molar refractivity (Wildman–Crippen MR) is 90.1 cm³/mol. The van der Waals surface area contributed by atoms with Gasteiger partial charge >= 0.3 is 6.09 Å². The van der Waals surface area contributed by atoms with Gasteiger partial charge in [-0.15, -0.1) is 0 Å². The number of piperidine rings is 1. The zero-order chi connectivity index (χ0) is 16.9. The van der Waals surface area contributed by atoms with Gasteiger partial charge in [0.1, 0.15) is 6.10 Å². The standard InChI is InChI=1S/C18H28N2O3/c1-18(2,3)19-17(22)23-16-9-10-20(12-15(16)13-21)11-14-7-5-4-6-8-14/h4-8,15-16,21H,9-13H2,1-3H3,(H,19,22)/t15-,16+/m1/s1. The quantitative estimate of drug-likeness (QED) is 0.894. The van der Waals surface area contributed by atoms with Gasteiger partial charge in [-0.2, -0.15) is 0 Å². The number of alkyl carbamates (subject to hydrolysis) is 1. The molecule has 0 aromatic heterocycles. The largest absolute Gasteiger partial charge is 0.446 e. The summed E-state index contributed by atoms with van der Waals surface area (Å²) in [6.45, 7) is 8.23. The van der Waals surface area contributed by atoms with Gasteiger partial charge in [-0.05, 0) is 32.8 Å². The molecule has 2 N–H and O–H groups in total. The monoisotopic (exact) mass is 320 g/mol. The number of aliphatic hydroxyl groups is 1. The van der Waals surface area contributed by atoms with Gasteiger partial charge in [0, 0.05) is 31.1 Å². The highest BCUT2D eigenvalue weighted by Gasteiger charge is 2.32. The number of nitrogens with zero attached hydrogens (tertiary/aromatic N) is 1. The van der Waals surface area contributed by atoms with Crippen LogP contribution >= 0.6 is 0 Å². The van der Waals surface area contributed by atoms with Crippen LogP contribution in [-0.2, 0) is 11.3 Å². The Labute approximate surface area is 138 Å². The van der Waals surface area contributed by atoms with Crippen molar-refractivity contribution in [2.45, 2.75) is 45.4 Å². The summed E-state index contributed by atoms with van der Waals surface area (Å²) in [6.07, 6.45) is 0.113. The molecule has 0 bridgehead atoms. The first kappa shape index (κ1) is 17.8. The summed E-state index contributed by atoms with van der Waals surface area (Å²) in [5.41, 5.74) is 0.939. The smallest absolute Gasteiger partial charge is 0.407 e. The predicted octanol–water partition coefficient (Wildman–Crippen LogP) is 2.39. The van der Waals surface area contributed by atoms with Crippen molar-refractivity contribution in [3.05, 3.63) is 35.9 Å². The number of nitrogens with one attached hydrogen (secondary N) is 1. The maximum Gasteiger partial charge on any atom is 0.407 e. The molecular formula is C18H28N2O3. The summed E-state index contributed by atoms with van der Waals surface area (Å²) in [4.78, 5) is 14.2. The maximum atomic E-state index is 11.9. The molecule has 1 fully saturated rings. The first-order valence-electron chi connectivity index (χ1n) is 8.23. The lowest BCUT2D eigenvalue weighted by Gasteiger charge is -2.37. The number of carbonyl (C=O) groups is 1. The minimum absolute atomic E-state index is 0.0265. The lowest BCUT2D eigenvalue weighted by molar-refractivity contribution is -0.0162. The molecule has 2 atom stereocenters. The second-order valence-corrected chi connectivity index (χ2v) is 7.27. The second-order valence-electron chi connectivity index (χ2n) is 7.27. The van der Waals surface area contributed by atoms with Crippen LogP contribution in [0.4, 0.5) is 4.79 Å². The normalized spacial score (nSPS) is 22.6. The molecule has 5 heteroatoms. The third-order valence-electron chi connectivity index (χ3n) is 3.97. The molecule has 1 heterocycles. The lowest BCUT2D eigenvalue weighted by Crippen LogP contribution is -2.49. The Morgan fingerprint density at radius 3 is 2.65 bits per heavy atom. The molecule has 23 heavy (non-hydrogen) atoms. The molecule has 0 radical (unpaired) electrons. The van der Waals surface area contributed by atoms with Crippen LogP contribution in [0.15, 0.2) is 30.3 Å². The number of hydrogen-bond donors (Lipinski definition) is 2. The number of ether oxygens (including phenoxy) is 1. The van der Waals surface area contributed by atoms with Crippen LogP contribution in [-0.4, -0.2) is 47.4 Å². The Morgan fingerprint density at radius 2 is 2.04 bits per heavy atom. The van der Waals surface area contributed by atoms with Gasteiger partial charge in [0.2, 0.25) is 0 Å². The van der Waals surface area contributed by atoms with Crippen LogP contribution in [0.2, 0.25) is 0 Å². The third kappa shape index (κ3) is 5.84. The summed E-state index contributed by atoms with van der Waals surface area (Å²) in [7, 11) is 0. The Kier molecular flexibility index (Phi) is 6.02. The Bertz CT molecular complexity index is 499. The molecular weight excluding hydrogens is 292 g/mol.